The third-order valence-electron chi connectivity index (χ3n) is 6.59. The predicted octanol–water partition coefficient (Wildman–Crippen LogP) is 6.81. The van der Waals surface area contributed by atoms with Crippen LogP contribution in [0.5, 0.6) is 0 Å². The zero-order chi connectivity index (χ0) is 21.6. The maximum atomic E-state index is 10.2. The monoisotopic (exact) mass is 430 g/mol. The van der Waals surface area contributed by atoms with E-state index in [4.69, 9.17) is 13.9 Å². The first-order valence-corrected chi connectivity index (χ1v) is 15.2. The molecule has 5 heteroatoms. The van der Waals surface area contributed by atoms with Gasteiger partial charge in [-0.25, -0.2) is 0 Å². The molecule has 1 saturated heterocycles. The van der Waals surface area contributed by atoms with Gasteiger partial charge in [0.1, 0.15) is 0 Å². The molecule has 1 N–H and O–H groups in total. The van der Waals surface area contributed by atoms with Crippen LogP contribution >= 0.6 is 0 Å². The quantitative estimate of drug-likeness (QED) is 0.216. The summed E-state index contributed by atoms with van der Waals surface area (Å²) in [5, 5.41) is 10.4. The van der Waals surface area contributed by atoms with E-state index >= 15 is 0 Å². The molecule has 0 aromatic heterocycles. The predicted molar refractivity (Wildman–Crippen MR) is 125 cm³/mol. The van der Waals surface area contributed by atoms with E-state index in [2.05, 4.69) is 33.9 Å². The first-order chi connectivity index (χ1) is 13.7. The number of aliphatic hydroxyl groups is 1. The van der Waals surface area contributed by atoms with Crippen LogP contribution in [0.25, 0.3) is 0 Å². The molecule has 0 spiro atoms. The van der Waals surface area contributed by atoms with Gasteiger partial charge in [0.2, 0.25) is 0 Å². The van der Waals surface area contributed by atoms with Crippen LogP contribution in [0.1, 0.15) is 104 Å². The summed E-state index contributed by atoms with van der Waals surface area (Å²) in [6, 6.07) is 0. The second-order valence-corrected chi connectivity index (χ2v) is 15.1. The lowest BCUT2D eigenvalue weighted by molar-refractivity contribution is -0.162. The van der Waals surface area contributed by atoms with Gasteiger partial charge in [0, 0.05) is 19.8 Å². The fourth-order valence-corrected chi connectivity index (χ4v) is 4.47. The van der Waals surface area contributed by atoms with E-state index in [1.807, 2.05) is 0 Å². The summed E-state index contributed by atoms with van der Waals surface area (Å²) in [7, 11) is -1.67. The first kappa shape index (κ1) is 27.1. The summed E-state index contributed by atoms with van der Waals surface area (Å²) >= 11 is 0. The Labute approximate surface area is 182 Å². The number of hydrogen-bond donors (Lipinski definition) is 1. The van der Waals surface area contributed by atoms with E-state index in [-0.39, 0.29) is 17.4 Å². The molecule has 1 rings (SSSR count). The maximum absolute atomic E-state index is 10.2. The second-order valence-electron chi connectivity index (χ2n) is 10.3. The van der Waals surface area contributed by atoms with E-state index in [0.717, 1.165) is 45.3 Å². The smallest absolute Gasteiger partial charge is 0.191 e. The van der Waals surface area contributed by atoms with Crippen LogP contribution in [-0.2, 0) is 13.9 Å². The van der Waals surface area contributed by atoms with Gasteiger partial charge in [0.15, 0.2) is 14.6 Å². The highest BCUT2D eigenvalue weighted by Gasteiger charge is 2.36. The zero-order valence-corrected chi connectivity index (χ0v) is 21.1. The molecule has 29 heavy (non-hydrogen) atoms. The Bertz CT molecular complexity index is 389. The van der Waals surface area contributed by atoms with Crippen molar-refractivity contribution in [2.75, 3.05) is 19.8 Å². The Morgan fingerprint density at radius 3 is 2.10 bits per heavy atom. The lowest BCUT2D eigenvalue weighted by Crippen LogP contribution is -2.41. The summed E-state index contributed by atoms with van der Waals surface area (Å²) in [6.07, 6.45) is 15.1. The SMILES string of the molecule is CC(C)(C)[Si](C)(C)OCCC(O)CCCCCCCCCCOC1CCCCO1. The Balaban J connectivity index is 1.84. The van der Waals surface area contributed by atoms with Gasteiger partial charge in [0.25, 0.3) is 0 Å². The van der Waals surface area contributed by atoms with Gasteiger partial charge in [-0.05, 0) is 56.7 Å². The standard InChI is InChI=1S/C24H50O4Si/c1-24(2,3)29(4,5)28-21-18-22(25)16-12-10-8-6-7-9-11-14-19-26-23-17-13-15-20-27-23/h22-23,25H,6-21H2,1-5H3. The molecule has 1 aliphatic heterocycles. The van der Waals surface area contributed by atoms with E-state index in [1.54, 1.807) is 0 Å². The van der Waals surface area contributed by atoms with Gasteiger partial charge < -0.3 is 19.0 Å². The number of rotatable bonds is 16. The minimum absolute atomic E-state index is 0.0673. The molecule has 0 aromatic carbocycles. The van der Waals surface area contributed by atoms with Crippen molar-refractivity contribution in [3.8, 4) is 0 Å². The van der Waals surface area contributed by atoms with Crippen LogP contribution in [0.4, 0.5) is 0 Å². The van der Waals surface area contributed by atoms with Gasteiger partial charge in [0.05, 0.1) is 6.10 Å². The van der Waals surface area contributed by atoms with Crippen LogP contribution in [0.15, 0.2) is 0 Å². The molecule has 0 radical (unpaired) electrons. The Kier molecular flexibility index (Phi) is 14.0. The van der Waals surface area contributed by atoms with Gasteiger partial charge in [-0.3, -0.25) is 0 Å². The number of aliphatic hydroxyl groups excluding tert-OH is 1. The van der Waals surface area contributed by atoms with E-state index in [1.165, 1.54) is 51.4 Å². The van der Waals surface area contributed by atoms with Gasteiger partial charge in [-0.1, -0.05) is 65.7 Å². The molecule has 1 fully saturated rings. The molecule has 1 aliphatic rings. The largest absolute Gasteiger partial charge is 0.417 e. The third-order valence-corrected chi connectivity index (χ3v) is 11.1. The van der Waals surface area contributed by atoms with Crippen LogP contribution in [0.2, 0.25) is 18.1 Å². The van der Waals surface area contributed by atoms with Crippen LogP contribution in [-0.4, -0.2) is 45.6 Å². The van der Waals surface area contributed by atoms with Gasteiger partial charge in [-0.2, -0.15) is 0 Å². The molecule has 1 heterocycles. The highest BCUT2D eigenvalue weighted by Crippen LogP contribution is 2.36. The molecular formula is C24H50O4Si. The summed E-state index contributed by atoms with van der Waals surface area (Å²) in [5.74, 6) is 0. The normalized spacial score (nSPS) is 19.4. The van der Waals surface area contributed by atoms with Crippen molar-refractivity contribution in [3.05, 3.63) is 0 Å². The van der Waals surface area contributed by atoms with Gasteiger partial charge in [-0.15, -0.1) is 0 Å². The Hall–Kier alpha value is 0.0569. The fraction of sp³-hybridized carbons (Fsp3) is 1.00. The van der Waals surface area contributed by atoms with Crippen molar-refractivity contribution in [2.24, 2.45) is 0 Å². The summed E-state index contributed by atoms with van der Waals surface area (Å²) < 4.78 is 17.5. The second kappa shape index (κ2) is 15.0. The average Bonchev–Trinajstić information content (AvgIpc) is 2.66. The van der Waals surface area contributed by atoms with E-state index in [0.29, 0.717) is 6.61 Å². The number of unbranched alkanes of at least 4 members (excludes halogenated alkanes) is 7. The zero-order valence-electron chi connectivity index (χ0n) is 20.1. The van der Waals surface area contributed by atoms with Crippen LogP contribution < -0.4 is 0 Å². The number of hydrogen-bond acceptors (Lipinski definition) is 4. The van der Waals surface area contributed by atoms with Crippen molar-refractivity contribution >= 4 is 8.32 Å². The minimum Gasteiger partial charge on any atom is -0.417 e. The number of ether oxygens (including phenoxy) is 2. The van der Waals surface area contributed by atoms with Crippen LogP contribution in [0, 0.1) is 0 Å². The van der Waals surface area contributed by atoms with Crippen molar-refractivity contribution in [1.82, 2.24) is 0 Å². The summed E-state index contributed by atoms with van der Waals surface area (Å²) in [5.41, 5.74) is 0. The summed E-state index contributed by atoms with van der Waals surface area (Å²) in [6.45, 7) is 13.7. The highest BCUT2D eigenvalue weighted by molar-refractivity contribution is 6.74. The molecule has 2 unspecified atom stereocenters. The molecular weight excluding hydrogens is 380 g/mol. The van der Waals surface area contributed by atoms with E-state index in [9.17, 15) is 5.11 Å². The topological polar surface area (TPSA) is 47.9 Å². The van der Waals surface area contributed by atoms with Crippen molar-refractivity contribution in [3.63, 3.8) is 0 Å². The van der Waals surface area contributed by atoms with Crippen LogP contribution in [0.3, 0.4) is 0 Å². The molecule has 4 nitrogen and oxygen atoms in total. The molecule has 0 aliphatic carbocycles. The Morgan fingerprint density at radius 2 is 1.52 bits per heavy atom. The molecule has 0 bridgehead atoms. The highest BCUT2D eigenvalue weighted by atomic mass is 28.4. The van der Waals surface area contributed by atoms with E-state index < -0.39 is 8.32 Å². The average molecular weight is 431 g/mol. The third kappa shape index (κ3) is 13.2. The molecule has 174 valence electrons. The minimum atomic E-state index is -1.67. The summed E-state index contributed by atoms with van der Waals surface area (Å²) in [4.78, 5) is 0. The fourth-order valence-electron chi connectivity index (χ4n) is 3.41. The van der Waals surface area contributed by atoms with Crippen molar-refractivity contribution in [1.29, 1.82) is 0 Å². The molecule has 0 amide bonds. The van der Waals surface area contributed by atoms with Gasteiger partial charge >= 0.3 is 0 Å². The maximum Gasteiger partial charge on any atom is 0.191 e. The van der Waals surface area contributed by atoms with Crippen molar-refractivity contribution < 1.29 is 19.0 Å². The first-order valence-electron chi connectivity index (χ1n) is 12.3. The molecule has 2 atom stereocenters. The molecule has 0 aromatic rings. The lowest BCUT2D eigenvalue weighted by Gasteiger charge is -2.36. The molecule has 0 saturated carbocycles. The van der Waals surface area contributed by atoms with Crippen molar-refractivity contribution in [2.45, 2.75) is 135 Å². The Morgan fingerprint density at radius 1 is 0.897 bits per heavy atom. The lowest BCUT2D eigenvalue weighted by atomic mass is 10.0.